The standard InChI is InChI=1S/C17H42O4Si4/c1-11-18-15(19-12-2)17(22,20-13-3)25(10)21-16(4,5)14-23(6,7)24(25,8)9/h15H,11-14H2,1-10,22H3. The third-order valence-corrected chi connectivity index (χ3v) is 52.6. The largest absolute Gasteiger partial charge is 0.413 e. The van der Waals surface area contributed by atoms with Crippen LogP contribution >= 0.6 is 0 Å². The predicted molar refractivity (Wildman–Crippen MR) is 118 cm³/mol. The highest BCUT2D eigenvalue weighted by molar-refractivity contribution is 7.68. The van der Waals surface area contributed by atoms with Crippen molar-refractivity contribution in [1.82, 2.24) is 0 Å². The van der Waals surface area contributed by atoms with Gasteiger partial charge in [-0.1, -0.05) is 26.2 Å². The molecule has 0 spiro atoms. The van der Waals surface area contributed by atoms with Crippen molar-refractivity contribution in [3.05, 3.63) is 0 Å². The van der Waals surface area contributed by atoms with Gasteiger partial charge in [0.1, 0.15) is 4.85 Å². The molecule has 0 aromatic carbocycles. The topological polar surface area (TPSA) is 36.9 Å². The van der Waals surface area contributed by atoms with E-state index in [1.807, 2.05) is 13.8 Å². The quantitative estimate of drug-likeness (QED) is 0.445. The lowest BCUT2D eigenvalue weighted by atomic mass is 10.2. The summed E-state index contributed by atoms with van der Waals surface area (Å²) in [6, 6.07) is 1.24. The number of hydrogen-bond acceptors (Lipinski definition) is 4. The minimum Gasteiger partial charge on any atom is -0.413 e. The molecule has 1 rings (SSSR count). The first-order valence-corrected chi connectivity index (χ1v) is 21.4. The molecule has 25 heavy (non-hydrogen) atoms. The van der Waals surface area contributed by atoms with Gasteiger partial charge >= 0.3 is 0 Å². The Hall–Kier alpha value is 0.708. The van der Waals surface area contributed by atoms with Gasteiger partial charge in [-0.15, -0.1) is 0 Å². The third kappa shape index (κ3) is 4.11. The molecular formula is C17H42O4Si4. The molecule has 0 radical (unpaired) electrons. The van der Waals surface area contributed by atoms with E-state index in [1.54, 1.807) is 0 Å². The summed E-state index contributed by atoms with van der Waals surface area (Å²) < 4.78 is 25.9. The normalized spacial score (nSPS) is 30.4. The van der Waals surface area contributed by atoms with Crippen LogP contribution in [-0.4, -0.2) is 69.3 Å². The Morgan fingerprint density at radius 3 is 1.88 bits per heavy atom. The minimum absolute atomic E-state index is 0.0744. The molecule has 0 amide bonds. The van der Waals surface area contributed by atoms with Crippen molar-refractivity contribution in [1.29, 1.82) is 0 Å². The van der Waals surface area contributed by atoms with Gasteiger partial charge in [-0.3, -0.25) is 0 Å². The van der Waals surface area contributed by atoms with E-state index in [1.165, 1.54) is 6.04 Å². The van der Waals surface area contributed by atoms with Crippen molar-refractivity contribution < 1.29 is 18.6 Å². The Morgan fingerprint density at radius 2 is 1.48 bits per heavy atom. The number of hydrogen-bond donors (Lipinski definition) is 0. The van der Waals surface area contributed by atoms with E-state index in [9.17, 15) is 0 Å². The van der Waals surface area contributed by atoms with Crippen molar-refractivity contribution in [3.8, 4) is 0 Å². The highest BCUT2D eigenvalue weighted by Crippen LogP contribution is 2.49. The van der Waals surface area contributed by atoms with Crippen LogP contribution in [0.5, 0.6) is 0 Å². The summed E-state index contributed by atoms with van der Waals surface area (Å²) in [4.78, 5) is -0.370. The molecule has 4 nitrogen and oxygen atoms in total. The van der Waals surface area contributed by atoms with Gasteiger partial charge in [0.15, 0.2) is 6.29 Å². The molecule has 1 aliphatic heterocycles. The van der Waals surface area contributed by atoms with Crippen LogP contribution in [0.3, 0.4) is 0 Å². The Balaban J connectivity index is 3.57. The van der Waals surface area contributed by atoms with Gasteiger partial charge in [0.2, 0.25) is 7.83 Å². The molecule has 2 unspecified atom stereocenters. The molecule has 1 heterocycles. The maximum atomic E-state index is 7.09. The van der Waals surface area contributed by atoms with Crippen LogP contribution in [0.25, 0.3) is 0 Å². The highest BCUT2D eigenvalue weighted by atomic mass is 29.6. The molecule has 150 valence electrons. The maximum absolute atomic E-state index is 7.09. The fourth-order valence-corrected chi connectivity index (χ4v) is 49.0. The van der Waals surface area contributed by atoms with Gasteiger partial charge in [-0.05, 0) is 47.2 Å². The number of rotatable bonds is 8. The Morgan fingerprint density at radius 1 is 1.00 bits per heavy atom. The van der Waals surface area contributed by atoms with Gasteiger partial charge in [-0.2, -0.15) is 0 Å². The van der Waals surface area contributed by atoms with E-state index < -0.39 is 22.5 Å². The summed E-state index contributed by atoms with van der Waals surface area (Å²) in [7, 11) is -4.46. The Bertz CT molecular complexity index is 452. The molecule has 1 fully saturated rings. The smallest absolute Gasteiger partial charge is 0.207 e. The van der Waals surface area contributed by atoms with Crippen molar-refractivity contribution in [2.75, 3.05) is 19.8 Å². The van der Waals surface area contributed by atoms with Gasteiger partial charge < -0.3 is 18.6 Å². The van der Waals surface area contributed by atoms with Crippen LogP contribution in [0.4, 0.5) is 0 Å². The van der Waals surface area contributed by atoms with Crippen LogP contribution < -0.4 is 0 Å². The van der Waals surface area contributed by atoms with Gasteiger partial charge in [0.05, 0.1) is 7.11 Å². The van der Waals surface area contributed by atoms with E-state index in [0.29, 0.717) is 19.8 Å². The molecule has 2 atom stereocenters. The van der Waals surface area contributed by atoms with Crippen molar-refractivity contribution in [3.63, 3.8) is 0 Å². The Kier molecular flexibility index (Phi) is 7.58. The minimum atomic E-state index is -2.26. The van der Waals surface area contributed by atoms with E-state index in [-0.39, 0.29) is 16.7 Å². The van der Waals surface area contributed by atoms with Gasteiger partial charge in [-0.25, -0.2) is 0 Å². The molecule has 1 saturated heterocycles. The molecule has 0 saturated carbocycles. The second-order valence-electron chi connectivity index (χ2n) is 9.36. The molecule has 0 bridgehead atoms. The van der Waals surface area contributed by atoms with Crippen molar-refractivity contribution in [2.24, 2.45) is 0 Å². The van der Waals surface area contributed by atoms with Crippen LogP contribution in [-0.2, 0) is 18.6 Å². The fourth-order valence-electron chi connectivity index (χ4n) is 4.77. The van der Waals surface area contributed by atoms with Crippen molar-refractivity contribution in [2.45, 2.75) is 90.1 Å². The maximum Gasteiger partial charge on any atom is 0.207 e. The van der Waals surface area contributed by atoms with Gasteiger partial charge in [0.25, 0.3) is 0 Å². The summed E-state index contributed by atoms with van der Waals surface area (Å²) >= 11 is 0. The first kappa shape index (κ1) is 23.7. The summed E-state index contributed by atoms with van der Waals surface area (Å²) in [5, 5.41) is 0. The van der Waals surface area contributed by atoms with E-state index in [0.717, 1.165) is 10.2 Å². The second-order valence-corrected chi connectivity index (χ2v) is 38.4. The monoisotopic (exact) mass is 422 g/mol. The lowest BCUT2D eigenvalue weighted by Gasteiger charge is -2.64. The van der Waals surface area contributed by atoms with E-state index >= 15 is 0 Å². The van der Waals surface area contributed by atoms with Crippen molar-refractivity contribution >= 4 is 32.8 Å². The van der Waals surface area contributed by atoms with Crippen LogP contribution in [0.2, 0.25) is 38.8 Å². The molecule has 0 N–H and O–H groups in total. The lowest BCUT2D eigenvalue weighted by Crippen LogP contribution is -2.88. The lowest BCUT2D eigenvalue weighted by molar-refractivity contribution is -0.201. The second kappa shape index (κ2) is 7.98. The van der Waals surface area contributed by atoms with E-state index in [4.69, 9.17) is 18.6 Å². The first-order chi connectivity index (χ1) is 11.2. The molecule has 0 aromatic heterocycles. The Labute approximate surface area is 161 Å². The molecular weight excluding hydrogens is 381 g/mol. The van der Waals surface area contributed by atoms with E-state index in [2.05, 4.69) is 53.5 Å². The fraction of sp³-hybridized carbons (Fsp3) is 1.00. The summed E-state index contributed by atoms with van der Waals surface area (Å²) in [5.74, 6) is 0. The summed E-state index contributed by atoms with van der Waals surface area (Å²) in [6.45, 7) is 25.4. The first-order valence-electron chi connectivity index (χ1n) is 9.82. The predicted octanol–water partition coefficient (Wildman–Crippen LogP) is 2.98. The molecule has 0 aliphatic carbocycles. The molecule has 8 heteroatoms. The zero-order valence-corrected chi connectivity index (χ0v) is 23.5. The molecule has 0 aromatic rings. The molecule has 1 aliphatic rings. The van der Waals surface area contributed by atoms with Crippen LogP contribution in [0.1, 0.15) is 34.6 Å². The van der Waals surface area contributed by atoms with Crippen LogP contribution in [0, 0.1) is 0 Å². The number of ether oxygens (including phenoxy) is 3. The zero-order chi connectivity index (χ0) is 19.7. The third-order valence-electron chi connectivity index (χ3n) is 6.71. The van der Waals surface area contributed by atoms with Crippen LogP contribution in [0.15, 0.2) is 0 Å². The average molecular weight is 423 g/mol. The summed E-state index contributed by atoms with van der Waals surface area (Å²) in [6.07, 6.45) is -0.309. The SMILES string of the molecule is CCOC(OCC)C([SiH3])(OCC)[Si]1(C)OC(C)(C)C[Si](C)(C)[Si]1(C)C. The highest BCUT2D eigenvalue weighted by Gasteiger charge is 2.71. The average Bonchev–Trinajstić information content (AvgIpc) is 2.43. The summed E-state index contributed by atoms with van der Waals surface area (Å²) in [5.41, 5.74) is -0.0744. The van der Waals surface area contributed by atoms with Gasteiger partial charge in [0, 0.05) is 43.3 Å². The zero-order valence-electron chi connectivity index (χ0n) is 18.5.